The van der Waals surface area contributed by atoms with Crippen LogP contribution in [0.15, 0.2) is 24.3 Å². The predicted molar refractivity (Wildman–Crippen MR) is 79.8 cm³/mol. The molecule has 0 saturated heterocycles. The minimum Gasteiger partial charge on any atom is -0.491 e. The van der Waals surface area contributed by atoms with Crippen molar-refractivity contribution in [2.24, 2.45) is 0 Å². The molecule has 0 aliphatic carbocycles. The van der Waals surface area contributed by atoms with Gasteiger partial charge in [-0.2, -0.15) is 0 Å². The van der Waals surface area contributed by atoms with E-state index in [1.54, 1.807) is 0 Å². The van der Waals surface area contributed by atoms with Gasteiger partial charge >= 0.3 is 0 Å². The van der Waals surface area contributed by atoms with Crippen molar-refractivity contribution in [3.63, 3.8) is 0 Å². The first-order valence-electron chi connectivity index (χ1n) is 7.31. The maximum absolute atomic E-state index is 5.60. The van der Waals surface area contributed by atoms with Gasteiger partial charge in [-0.25, -0.2) is 0 Å². The van der Waals surface area contributed by atoms with Crippen molar-refractivity contribution in [2.45, 2.75) is 39.7 Å². The third-order valence-corrected chi connectivity index (χ3v) is 3.06. The van der Waals surface area contributed by atoms with Gasteiger partial charge in [-0.1, -0.05) is 25.5 Å². The van der Waals surface area contributed by atoms with Gasteiger partial charge in [0.05, 0.1) is 6.61 Å². The molecule has 0 fully saturated rings. The van der Waals surface area contributed by atoms with Crippen molar-refractivity contribution in [1.82, 2.24) is 5.32 Å². The highest BCUT2D eigenvalue weighted by Crippen LogP contribution is 2.17. The zero-order chi connectivity index (χ0) is 13.9. The van der Waals surface area contributed by atoms with Crippen molar-refractivity contribution in [3.8, 4) is 5.75 Å². The topological polar surface area (TPSA) is 30.5 Å². The fourth-order valence-electron chi connectivity index (χ4n) is 1.83. The van der Waals surface area contributed by atoms with Crippen LogP contribution in [0.5, 0.6) is 5.75 Å². The number of unbranched alkanes of at least 4 members (excludes halogenated alkanes) is 1. The van der Waals surface area contributed by atoms with Gasteiger partial charge in [0.2, 0.25) is 0 Å². The molecule has 108 valence electrons. The van der Waals surface area contributed by atoms with E-state index in [0.717, 1.165) is 18.9 Å². The first kappa shape index (κ1) is 16.0. The summed E-state index contributed by atoms with van der Waals surface area (Å²) < 4.78 is 10.8. The van der Waals surface area contributed by atoms with Crippen LogP contribution in [0.3, 0.4) is 0 Å². The molecule has 19 heavy (non-hydrogen) atoms. The summed E-state index contributed by atoms with van der Waals surface area (Å²) in [6.07, 6.45) is 2.45. The Hall–Kier alpha value is -1.06. The van der Waals surface area contributed by atoms with Crippen LogP contribution >= 0.6 is 0 Å². The largest absolute Gasteiger partial charge is 0.491 e. The monoisotopic (exact) mass is 265 g/mol. The van der Waals surface area contributed by atoms with Crippen LogP contribution in [0.25, 0.3) is 0 Å². The van der Waals surface area contributed by atoms with Gasteiger partial charge in [0, 0.05) is 12.6 Å². The Morgan fingerprint density at radius 1 is 1.11 bits per heavy atom. The molecule has 1 unspecified atom stereocenters. The standard InChI is InChI=1S/C16H27NO2/c1-4-6-11-17-14(3)15-7-9-16(10-8-15)19-13-12-18-5-2/h7-10,14,17H,4-6,11-13H2,1-3H3. The van der Waals surface area contributed by atoms with Crippen LogP contribution in [0.2, 0.25) is 0 Å². The molecule has 1 atom stereocenters. The summed E-state index contributed by atoms with van der Waals surface area (Å²) in [7, 11) is 0. The van der Waals surface area contributed by atoms with E-state index >= 15 is 0 Å². The van der Waals surface area contributed by atoms with E-state index in [2.05, 4.69) is 31.3 Å². The molecule has 1 rings (SSSR count). The van der Waals surface area contributed by atoms with Gasteiger partial charge in [-0.3, -0.25) is 0 Å². The molecule has 0 amide bonds. The highest BCUT2D eigenvalue weighted by molar-refractivity contribution is 5.28. The van der Waals surface area contributed by atoms with E-state index in [1.165, 1.54) is 18.4 Å². The molecule has 0 spiro atoms. The fraction of sp³-hybridized carbons (Fsp3) is 0.625. The van der Waals surface area contributed by atoms with Crippen LogP contribution < -0.4 is 10.1 Å². The zero-order valence-electron chi connectivity index (χ0n) is 12.4. The van der Waals surface area contributed by atoms with Crippen molar-refractivity contribution in [2.75, 3.05) is 26.4 Å². The number of hydrogen-bond acceptors (Lipinski definition) is 3. The molecule has 0 aliphatic rings. The molecule has 1 aromatic carbocycles. The van der Waals surface area contributed by atoms with Gasteiger partial charge in [0.15, 0.2) is 0 Å². The molecule has 3 nitrogen and oxygen atoms in total. The summed E-state index contributed by atoms with van der Waals surface area (Å²) >= 11 is 0. The molecule has 0 radical (unpaired) electrons. The van der Waals surface area contributed by atoms with Gasteiger partial charge in [0.25, 0.3) is 0 Å². The normalized spacial score (nSPS) is 12.4. The van der Waals surface area contributed by atoms with Crippen LogP contribution in [-0.4, -0.2) is 26.4 Å². The maximum atomic E-state index is 5.60. The predicted octanol–water partition coefficient (Wildman–Crippen LogP) is 3.55. The number of nitrogens with one attached hydrogen (secondary N) is 1. The number of rotatable bonds is 10. The lowest BCUT2D eigenvalue weighted by molar-refractivity contribution is 0.110. The molecular formula is C16H27NO2. The Balaban J connectivity index is 2.33. The molecule has 1 N–H and O–H groups in total. The second-order valence-corrected chi connectivity index (χ2v) is 4.64. The van der Waals surface area contributed by atoms with Gasteiger partial charge in [-0.05, 0) is 44.5 Å². The van der Waals surface area contributed by atoms with E-state index in [0.29, 0.717) is 19.3 Å². The van der Waals surface area contributed by atoms with Crippen LogP contribution in [0.1, 0.15) is 45.2 Å². The lowest BCUT2D eigenvalue weighted by atomic mass is 10.1. The van der Waals surface area contributed by atoms with E-state index in [-0.39, 0.29) is 0 Å². The number of ether oxygens (including phenoxy) is 2. The van der Waals surface area contributed by atoms with Crippen molar-refractivity contribution >= 4 is 0 Å². The summed E-state index contributed by atoms with van der Waals surface area (Å²) in [5.74, 6) is 0.907. The van der Waals surface area contributed by atoms with Crippen LogP contribution in [0, 0.1) is 0 Å². The first-order chi connectivity index (χ1) is 9.27. The first-order valence-corrected chi connectivity index (χ1v) is 7.31. The molecule has 1 aromatic rings. The summed E-state index contributed by atoms with van der Waals surface area (Å²) in [5.41, 5.74) is 1.30. The lowest BCUT2D eigenvalue weighted by Gasteiger charge is -2.14. The second-order valence-electron chi connectivity index (χ2n) is 4.64. The van der Waals surface area contributed by atoms with Crippen LogP contribution in [-0.2, 0) is 4.74 Å². The van der Waals surface area contributed by atoms with Crippen LogP contribution in [0.4, 0.5) is 0 Å². The molecule has 0 bridgehead atoms. The fourth-order valence-corrected chi connectivity index (χ4v) is 1.83. The highest BCUT2D eigenvalue weighted by atomic mass is 16.5. The Kier molecular flexibility index (Phi) is 8.26. The number of benzene rings is 1. The Morgan fingerprint density at radius 2 is 1.84 bits per heavy atom. The second kappa shape index (κ2) is 9.82. The molecule has 0 saturated carbocycles. The van der Waals surface area contributed by atoms with Gasteiger partial charge in [0.1, 0.15) is 12.4 Å². The number of hydrogen-bond donors (Lipinski definition) is 1. The summed E-state index contributed by atoms with van der Waals surface area (Å²) in [5, 5.41) is 3.52. The Labute approximate surface area is 117 Å². The van der Waals surface area contributed by atoms with E-state index in [1.807, 2.05) is 19.1 Å². The third-order valence-electron chi connectivity index (χ3n) is 3.06. The molecular weight excluding hydrogens is 238 g/mol. The Bertz CT molecular complexity index is 324. The third kappa shape index (κ3) is 6.60. The van der Waals surface area contributed by atoms with Crippen molar-refractivity contribution in [1.29, 1.82) is 0 Å². The minimum atomic E-state index is 0.393. The van der Waals surface area contributed by atoms with Crippen molar-refractivity contribution < 1.29 is 9.47 Å². The zero-order valence-corrected chi connectivity index (χ0v) is 12.4. The highest BCUT2D eigenvalue weighted by Gasteiger charge is 2.04. The molecule has 3 heteroatoms. The molecule has 0 heterocycles. The van der Waals surface area contributed by atoms with Gasteiger partial charge in [-0.15, -0.1) is 0 Å². The molecule has 0 aliphatic heterocycles. The SMILES string of the molecule is CCCCNC(C)c1ccc(OCCOCC)cc1. The lowest BCUT2D eigenvalue weighted by Crippen LogP contribution is -2.19. The summed E-state index contributed by atoms with van der Waals surface area (Å²) in [6.45, 7) is 9.46. The van der Waals surface area contributed by atoms with E-state index < -0.39 is 0 Å². The average Bonchev–Trinajstić information content (AvgIpc) is 2.44. The molecule has 0 aromatic heterocycles. The average molecular weight is 265 g/mol. The summed E-state index contributed by atoms with van der Waals surface area (Å²) in [4.78, 5) is 0. The smallest absolute Gasteiger partial charge is 0.119 e. The Morgan fingerprint density at radius 3 is 2.47 bits per heavy atom. The summed E-state index contributed by atoms with van der Waals surface area (Å²) in [6, 6.07) is 8.70. The van der Waals surface area contributed by atoms with E-state index in [4.69, 9.17) is 9.47 Å². The van der Waals surface area contributed by atoms with E-state index in [9.17, 15) is 0 Å². The maximum Gasteiger partial charge on any atom is 0.119 e. The van der Waals surface area contributed by atoms with Crippen molar-refractivity contribution in [3.05, 3.63) is 29.8 Å². The quantitative estimate of drug-likeness (QED) is 0.656. The van der Waals surface area contributed by atoms with Gasteiger partial charge < -0.3 is 14.8 Å². The minimum absolute atomic E-state index is 0.393.